The molecule has 17 heavy (non-hydrogen) atoms. The van der Waals surface area contributed by atoms with Crippen molar-refractivity contribution < 1.29 is 0 Å². The van der Waals surface area contributed by atoms with E-state index in [1.807, 2.05) is 30.8 Å². The molecule has 0 aliphatic carbocycles. The smallest absolute Gasteiger partial charge is 0.202 e. The molecular formula is C14H19N3. The fraction of sp³-hybridized carbons (Fsp3) is 0.357. The minimum Gasteiger partial charge on any atom is -0.355 e. The Bertz CT molecular complexity index is 473. The highest BCUT2D eigenvalue weighted by atomic mass is 15.2. The average Bonchev–Trinajstić information content (AvgIpc) is 2.66. The lowest BCUT2D eigenvalue weighted by atomic mass is 10.0. The summed E-state index contributed by atoms with van der Waals surface area (Å²) in [6.45, 7) is 5.12. The van der Waals surface area contributed by atoms with Gasteiger partial charge in [-0.15, -0.1) is 0 Å². The molecule has 1 aromatic carbocycles. The van der Waals surface area contributed by atoms with Gasteiger partial charge in [-0.2, -0.15) is 0 Å². The second kappa shape index (κ2) is 5.04. The predicted octanol–water partition coefficient (Wildman–Crippen LogP) is 2.94. The van der Waals surface area contributed by atoms with E-state index in [9.17, 15) is 0 Å². The molecule has 1 atom stereocenters. The maximum Gasteiger partial charge on any atom is 0.202 e. The minimum atomic E-state index is 0.480. The standard InChI is InChI=1S/C14H19N3/c1-11(13-7-5-4-6-8-13)9-15-14-16-12(2)10-17(14)3/h4-8,10-11H,9H2,1-3H3,(H,15,16). The number of aryl methyl sites for hydroxylation is 2. The number of nitrogens with zero attached hydrogens (tertiary/aromatic N) is 2. The van der Waals surface area contributed by atoms with Gasteiger partial charge in [0.1, 0.15) is 0 Å². The highest BCUT2D eigenvalue weighted by Gasteiger charge is 2.06. The molecule has 2 aromatic rings. The summed E-state index contributed by atoms with van der Waals surface area (Å²) < 4.78 is 2.02. The monoisotopic (exact) mass is 229 g/mol. The lowest BCUT2D eigenvalue weighted by molar-refractivity contribution is 0.785. The van der Waals surface area contributed by atoms with E-state index in [-0.39, 0.29) is 0 Å². The number of nitrogens with one attached hydrogen (secondary N) is 1. The van der Waals surface area contributed by atoms with Crippen molar-refractivity contribution in [1.29, 1.82) is 0 Å². The fourth-order valence-electron chi connectivity index (χ4n) is 1.92. The van der Waals surface area contributed by atoms with Crippen molar-refractivity contribution in [3.63, 3.8) is 0 Å². The summed E-state index contributed by atoms with van der Waals surface area (Å²) in [6.07, 6.45) is 2.02. The van der Waals surface area contributed by atoms with Crippen LogP contribution in [0.2, 0.25) is 0 Å². The summed E-state index contributed by atoms with van der Waals surface area (Å²) in [4.78, 5) is 4.43. The van der Waals surface area contributed by atoms with Gasteiger partial charge in [0.05, 0.1) is 5.69 Å². The molecular weight excluding hydrogens is 210 g/mol. The Morgan fingerprint density at radius 1 is 1.29 bits per heavy atom. The van der Waals surface area contributed by atoms with E-state index >= 15 is 0 Å². The maximum atomic E-state index is 4.43. The zero-order chi connectivity index (χ0) is 12.3. The van der Waals surface area contributed by atoms with Crippen LogP contribution in [0.25, 0.3) is 0 Å². The van der Waals surface area contributed by atoms with Gasteiger partial charge in [-0.1, -0.05) is 37.3 Å². The van der Waals surface area contributed by atoms with E-state index in [0.717, 1.165) is 18.2 Å². The fourth-order valence-corrected chi connectivity index (χ4v) is 1.92. The first-order chi connectivity index (χ1) is 8.16. The van der Waals surface area contributed by atoms with Crippen molar-refractivity contribution in [2.75, 3.05) is 11.9 Å². The normalized spacial score (nSPS) is 12.4. The van der Waals surface area contributed by atoms with Gasteiger partial charge in [0.2, 0.25) is 5.95 Å². The summed E-state index contributed by atoms with van der Waals surface area (Å²) in [5, 5.41) is 3.38. The third-order valence-corrected chi connectivity index (χ3v) is 2.93. The number of imidazole rings is 1. The van der Waals surface area contributed by atoms with E-state index in [0.29, 0.717) is 5.92 Å². The van der Waals surface area contributed by atoms with Gasteiger partial charge in [0, 0.05) is 19.8 Å². The van der Waals surface area contributed by atoms with Crippen molar-refractivity contribution in [2.24, 2.45) is 7.05 Å². The molecule has 1 N–H and O–H groups in total. The Morgan fingerprint density at radius 2 is 2.00 bits per heavy atom. The first kappa shape index (κ1) is 11.7. The van der Waals surface area contributed by atoms with Crippen molar-refractivity contribution in [2.45, 2.75) is 19.8 Å². The summed E-state index contributed by atoms with van der Waals surface area (Å²) in [7, 11) is 2.01. The maximum absolute atomic E-state index is 4.43. The first-order valence-corrected chi connectivity index (χ1v) is 5.95. The highest BCUT2D eigenvalue weighted by molar-refractivity contribution is 5.30. The van der Waals surface area contributed by atoms with Crippen LogP contribution in [0.15, 0.2) is 36.5 Å². The number of aromatic nitrogens is 2. The van der Waals surface area contributed by atoms with Crippen molar-refractivity contribution in [3.8, 4) is 0 Å². The van der Waals surface area contributed by atoms with Crippen LogP contribution >= 0.6 is 0 Å². The number of rotatable bonds is 4. The van der Waals surface area contributed by atoms with Crippen molar-refractivity contribution in [1.82, 2.24) is 9.55 Å². The number of hydrogen-bond acceptors (Lipinski definition) is 2. The molecule has 0 aliphatic heterocycles. The summed E-state index contributed by atoms with van der Waals surface area (Å²) in [5.41, 5.74) is 2.40. The van der Waals surface area contributed by atoms with E-state index < -0.39 is 0 Å². The molecule has 0 aliphatic rings. The average molecular weight is 229 g/mol. The SMILES string of the molecule is Cc1cn(C)c(NCC(C)c2ccccc2)n1. The van der Waals surface area contributed by atoms with Crippen LogP contribution in [0.1, 0.15) is 24.1 Å². The van der Waals surface area contributed by atoms with Crippen LogP contribution in [-0.2, 0) is 7.05 Å². The lowest BCUT2D eigenvalue weighted by Gasteiger charge is -2.13. The van der Waals surface area contributed by atoms with Crippen molar-refractivity contribution >= 4 is 5.95 Å². The van der Waals surface area contributed by atoms with Crippen LogP contribution < -0.4 is 5.32 Å². The molecule has 0 radical (unpaired) electrons. The van der Waals surface area contributed by atoms with Gasteiger partial charge in [0.15, 0.2) is 0 Å². The van der Waals surface area contributed by atoms with Crippen molar-refractivity contribution in [3.05, 3.63) is 47.8 Å². The molecule has 0 saturated heterocycles. The molecule has 1 heterocycles. The topological polar surface area (TPSA) is 29.9 Å². The molecule has 0 fully saturated rings. The van der Waals surface area contributed by atoms with E-state index in [1.165, 1.54) is 5.56 Å². The van der Waals surface area contributed by atoms with Gasteiger partial charge >= 0.3 is 0 Å². The van der Waals surface area contributed by atoms with Gasteiger partial charge in [-0.05, 0) is 18.4 Å². The third kappa shape index (κ3) is 2.87. The van der Waals surface area contributed by atoms with Gasteiger partial charge < -0.3 is 9.88 Å². The molecule has 3 nitrogen and oxygen atoms in total. The summed E-state index contributed by atoms with van der Waals surface area (Å²) in [5.74, 6) is 1.42. The summed E-state index contributed by atoms with van der Waals surface area (Å²) >= 11 is 0. The molecule has 0 saturated carbocycles. The molecule has 1 unspecified atom stereocenters. The Kier molecular flexibility index (Phi) is 3.47. The second-order valence-corrected chi connectivity index (χ2v) is 4.51. The molecule has 90 valence electrons. The van der Waals surface area contributed by atoms with Gasteiger partial charge in [0.25, 0.3) is 0 Å². The zero-order valence-corrected chi connectivity index (χ0v) is 10.6. The van der Waals surface area contributed by atoms with Gasteiger partial charge in [-0.3, -0.25) is 0 Å². The molecule has 0 bridgehead atoms. The van der Waals surface area contributed by atoms with Crippen LogP contribution in [0.5, 0.6) is 0 Å². The van der Waals surface area contributed by atoms with Crippen LogP contribution in [-0.4, -0.2) is 16.1 Å². The molecule has 1 aromatic heterocycles. The Labute approximate surface area is 103 Å². The minimum absolute atomic E-state index is 0.480. The zero-order valence-electron chi connectivity index (χ0n) is 10.6. The molecule has 2 rings (SSSR count). The van der Waals surface area contributed by atoms with E-state index in [2.05, 4.69) is 41.5 Å². The van der Waals surface area contributed by atoms with Crippen LogP contribution in [0, 0.1) is 6.92 Å². The molecule has 3 heteroatoms. The lowest BCUT2D eigenvalue weighted by Crippen LogP contribution is -2.12. The Hall–Kier alpha value is -1.77. The predicted molar refractivity (Wildman–Crippen MR) is 71.3 cm³/mol. The Morgan fingerprint density at radius 3 is 2.59 bits per heavy atom. The number of hydrogen-bond donors (Lipinski definition) is 1. The molecule has 0 spiro atoms. The Balaban J connectivity index is 1.97. The largest absolute Gasteiger partial charge is 0.355 e. The van der Waals surface area contributed by atoms with E-state index in [4.69, 9.17) is 0 Å². The number of anilines is 1. The highest BCUT2D eigenvalue weighted by Crippen LogP contribution is 2.15. The quantitative estimate of drug-likeness (QED) is 0.873. The second-order valence-electron chi connectivity index (χ2n) is 4.51. The number of benzene rings is 1. The van der Waals surface area contributed by atoms with Gasteiger partial charge in [-0.25, -0.2) is 4.98 Å². The van der Waals surface area contributed by atoms with Crippen LogP contribution in [0.3, 0.4) is 0 Å². The van der Waals surface area contributed by atoms with Crippen LogP contribution in [0.4, 0.5) is 5.95 Å². The molecule has 0 amide bonds. The summed E-state index contributed by atoms with van der Waals surface area (Å²) in [6, 6.07) is 10.5. The van der Waals surface area contributed by atoms with E-state index in [1.54, 1.807) is 0 Å². The third-order valence-electron chi connectivity index (χ3n) is 2.93. The first-order valence-electron chi connectivity index (χ1n) is 5.95.